The summed E-state index contributed by atoms with van der Waals surface area (Å²) in [6.07, 6.45) is 7.06. The summed E-state index contributed by atoms with van der Waals surface area (Å²) in [6, 6.07) is 9.56. The van der Waals surface area contributed by atoms with Crippen molar-refractivity contribution in [3.63, 3.8) is 0 Å². The van der Waals surface area contributed by atoms with Gasteiger partial charge in [0, 0.05) is 31.5 Å². The Morgan fingerprint density at radius 2 is 2.26 bits per heavy atom. The van der Waals surface area contributed by atoms with Crippen LogP contribution < -0.4 is 15.0 Å². The monoisotopic (exact) mass is 312 g/mol. The van der Waals surface area contributed by atoms with E-state index >= 15 is 0 Å². The zero-order chi connectivity index (χ0) is 15.9. The summed E-state index contributed by atoms with van der Waals surface area (Å²) in [7, 11) is 0. The maximum atomic E-state index is 12.0. The summed E-state index contributed by atoms with van der Waals surface area (Å²) in [5.74, 6) is 1.45. The minimum absolute atomic E-state index is 0.00573. The molecule has 1 aliphatic rings. The van der Waals surface area contributed by atoms with Gasteiger partial charge in [0.15, 0.2) is 6.61 Å². The average Bonchev–Trinajstić information content (AvgIpc) is 2.62. The van der Waals surface area contributed by atoms with Crippen molar-refractivity contribution in [3.8, 4) is 5.75 Å². The van der Waals surface area contributed by atoms with Gasteiger partial charge in [-0.15, -0.1) is 0 Å². The number of aromatic nitrogens is 2. The first-order valence-electron chi connectivity index (χ1n) is 7.79. The van der Waals surface area contributed by atoms with Gasteiger partial charge >= 0.3 is 0 Å². The number of hydrogen-bond donors (Lipinski definition) is 1. The third-order valence-electron chi connectivity index (χ3n) is 3.76. The summed E-state index contributed by atoms with van der Waals surface area (Å²) in [5, 5.41) is 3.04. The molecule has 1 fully saturated rings. The highest BCUT2D eigenvalue weighted by molar-refractivity contribution is 5.78. The second-order valence-electron chi connectivity index (χ2n) is 5.52. The molecule has 1 N–H and O–H groups in total. The quantitative estimate of drug-likeness (QED) is 0.909. The van der Waals surface area contributed by atoms with E-state index in [1.54, 1.807) is 30.7 Å². The molecule has 2 aromatic rings. The standard InChI is InChI=1S/C17H20N4O2/c22-17(13-23-15-6-3-8-18-11-15)20-14-5-4-10-21(12-14)16-7-1-2-9-19-16/h1-3,6-9,11,14H,4-5,10,12-13H2,(H,20,22). The third kappa shape index (κ3) is 4.42. The highest BCUT2D eigenvalue weighted by Crippen LogP contribution is 2.17. The van der Waals surface area contributed by atoms with Crippen LogP contribution in [-0.4, -0.2) is 41.6 Å². The van der Waals surface area contributed by atoms with Gasteiger partial charge < -0.3 is 15.0 Å². The van der Waals surface area contributed by atoms with Crippen LogP contribution in [0.15, 0.2) is 48.9 Å². The van der Waals surface area contributed by atoms with Gasteiger partial charge in [0.2, 0.25) is 0 Å². The molecule has 1 amide bonds. The number of carbonyl (C=O) groups is 1. The molecule has 3 rings (SSSR count). The molecule has 1 atom stereocenters. The molecule has 0 radical (unpaired) electrons. The fourth-order valence-electron chi connectivity index (χ4n) is 2.69. The molecule has 6 heteroatoms. The Kier molecular flexibility index (Phi) is 5.03. The summed E-state index contributed by atoms with van der Waals surface area (Å²) >= 11 is 0. The van der Waals surface area contributed by atoms with Crippen LogP contribution in [0.25, 0.3) is 0 Å². The second-order valence-corrected chi connectivity index (χ2v) is 5.52. The summed E-state index contributed by atoms with van der Waals surface area (Å²) in [4.78, 5) is 22.6. The molecule has 1 unspecified atom stereocenters. The molecule has 3 heterocycles. The van der Waals surface area contributed by atoms with Crippen molar-refractivity contribution in [3.05, 3.63) is 48.9 Å². The Labute approximate surface area is 135 Å². The predicted molar refractivity (Wildman–Crippen MR) is 87.3 cm³/mol. The second kappa shape index (κ2) is 7.58. The van der Waals surface area contributed by atoms with E-state index in [4.69, 9.17) is 4.74 Å². The van der Waals surface area contributed by atoms with Gasteiger partial charge in [-0.2, -0.15) is 0 Å². The van der Waals surface area contributed by atoms with E-state index in [-0.39, 0.29) is 18.6 Å². The van der Waals surface area contributed by atoms with Gasteiger partial charge in [0.25, 0.3) is 5.91 Å². The minimum Gasteiger partial charge on any atom is -0.482 e. The molecule has 0 saturated carbocycles. The first-order valence-corrected chi connectivity index (χ1v) is 7.79. The highest BCUT2D eigenvalue weighted by Gasteiger charge is 2.22. The Morgan fingerprint density at radius 1 is 1.30 bits per heavy atom. The van der Waals surface area contributed by atoms with E-state index in [0.29, 0.717) is 5.75 Å². The molecule has 23 heavy (non-hydrogen) atoms. The van der Waals surface area contributed by atoms with Crippen LogP contribution in [0.2, 0.25) is 0 Å². The Morgan fingerprint density at radius 3 is 3.04 bits per heavy atom. The minimum atomic E-state index is -0.110. The molecule has 0 aromatic carbocycles. The van der Waals surface area contributed by atoms with E-state index < -0.39 is 0 Å². The number of carbonyl (C=O) groups excluding carboxylic acids is 1. The average molecular weight is 312 g/mol. The smallest absolute Gasteiger partial charge is 0.258 e. The van der Waals surface area contributed by atoms with Crippen molar-refractivity contribution < 1.29 is 9.53 Å². The van der Waals surface area contributed by atoms with E-state index in [0.717, 1.165) is 31.7 Å². The number of hydrogen-bond acceptors (Lipinski definition) is 5. The largest absolute Gasteiger partial charge is 0.482 e. The zero-order valence-corrected chi connectivity index (χ0v) is 12.9. The van der Waals surface area contributed by atoms with Gasteiger partial charge in [-0.05, 0) is 37.1 Å². The lowest BCUT2D eigenvalue weighted by atomic mass is 10.1. The molecule has 1 aliphatic heterocycles. The van der Waals surface area contributed by atoms with E-state index in [1.165, 1.54) is 0 Å². The van der Waals surface area contributed by atoms with Gasteiger partial charge in [0.05, 0.1) is 6.20 Å². The molecular weight excluding hydrogens is 292 g/mol. The van der Waals surface area contributed by atoms with Crippen molar-refractivity contribution >= 4 is 11.7 Å². The number of nitrogens with zero attached hydrogens (tertiary/aromatic N) is 3. The van der Waals surface area contributed by atoms with Crippen LogP contribution >= 0.6 is 0 Å². The third-order valence-corrected chi connectivity index (χ3v) is 3.76. The fraction of sp³-hybridized carbons (Fsp3) is 0.353. The lowest BCUT2D eigenvalue weighted by molar-refractivity contribution is -0.123. The summed E-state index contributed by atoms with van der Waals surface area (Å²) in [6.45, 7) is 1.75. The Balaban J connectivity index is 1.48. The van der Waals surface area contributed by atoms with Crippen LogP contribution in [0.3, 0.4) is 0 Å². The van der Waals surface area contributed by atoms with Crippen LogP contribution in [0, 0.1) is 0 Å². The SMILES string of the molecule is O=C(COc1cccnc1)NC1CCCN(c2ccccn2)C1. The topological polar surface area (TPSA) is 67.3 Å². The number of piperidine rings is 1. The van der Waals surface area contributed by atoms with Crippen molar-refractivity contribution in [1.82, 2.24) is 15.3 Å². The summed E-state index contributed by atoms with van der Waals surface area (Å²) in [5.41, 5.74) is 0. The molecule has 0 aliphatic carbocycles. The first kappa shape index (κ1) is 15.3. The van der Waals surface area contributed by atoms with E-state index in [1.807, 2.05) is 18.2 Å². The van der Waals surface area contributed by atoms with Crippen LogP contribution in [0.5, 0.6) is 5.75 Å². The van der Waals surface area contributed by atoms with Crippen molar-refractivity contribution in [1.29, 1.82) is 0 Å². The van der Waals surface area contributed by atoms with Crippen molar-refractivity contribution in [2.24, 2.45) is 0 Å². The van der Waals surface area contributed by atoms with Gasteiger partial charge in [-0.25, -0.2) is 4.98 Å². The number of amides is 1. The van der Waals surface area contributed by atoms with E-state index in [9.17, 15) is 4.79 Å². The molecule has 0 spiro atoms. The van der Waals surface area contributed by atoms with Gasteiger partial charge in [-0.1, -0.05) is 6.07 Å². The fourth-order valence-corrected chi connectivity index (χ4v) is 2.69. The maximum Gasteiger partial charge on any atom is 0.258 e. The molecule has 2 aromatic heterocycles. The Hall–Kier alpha value is -2.63. The van der Waals surface area contributed by atoms with Gasteiger partial charge in [0.1, 0.15) is 11.6 Å². The Bertz CT molecular complexity index is 621. The van der Waals surface area contributed by atoms with Crippen LogP contribution in [-0.2, 0) is 4.79 Å². The molecule has 6 nitrogen and oxygen atoms in total. The van der Waals surface area contributed by atoms with Crippen LogP contribution in [0.4, 0.5) is 5.82 Å². The van der Waals surface area contributed by atoms with Crippen LogP contribution in [0.1, 0.15) is 12.8 Å². The number of nitrogens with one attached hydrogen (secondary N) is 1. The normalized spacial score (nSPS) is 17.6. The van der Waals surface area contributed by atoms with Gasteiger partial charge in [-0.3, -0.25) is 9.78 Å². The number of rotatable bonds is 5. The lowest BCUT2D eigenvalue weighted by Gasteiger charge is -2.33. The molecular formula is C17H20N4O2. The van der Waals surface area contributed by atoms with Crippen molar-refractivity contribution in [2.75, 3.05) is 24.6 Å². The number of anilines is 1. The maximum absolute atomic E-state index is 12.0. The number of pyridine rings is 2. The first-order chi connectivity index (χ1) is 11.3. The predicted octanol–water partition coefficient (Wildman–Crippen LogP) is 1.64. The molecule has 1 saturated heterocycles. The van der Waals surface area contributed by atoms with E-state index in [2.05, 4.69) is 20.2 Å². The zero-order valence-electron chi connectivity index (χ0n) is 12.9. The highest BCUT2D eigenvalue weighted by atomic mass is 16.5. The number of ether oxygens (including phenoxy) is 1. The van der Waals surface area contributed by atoms with Crippen molar-refractivity contribution in [2.45, 2.75) is 18.9 Å². The molecule has 0 bridgehead atoms. The lowest BCUT2D eigenvalue weighted by Crippen LogP contribution is -2.49. The molecule has 120 valence electrons. The summed E-state index contributed by atoms with van der Waals surface area (Å²) < 4.78 is 5.42.